The topological polar surface area (TPSA) is 50.1 Å². The van der Waals surface area contributed by atoms with Crippen molar-refractivity contribution in [2.24, 2.45) is 0 Å². The number of carbonyl (C=O) groups is 1. The van der Waals surface area contributed by atoms with Crippen molar-refractivity contribution in [2.75, 3.05) is 6.61 Å². The summed E-state index contributed by atoms with van der Waals surface area (Å²) in [6, 6.07) is 0. The Morgan fingerprint density at radius 1 is 0.667 bits per heavy atom. The van der Waals surface area contributed by atoms with Gasteiger partial charge in [0.1, 0.15) is 0 Å². The van der Waals surface area contributed by atoms with E-state index in [4.69, 9.17) is 5.73 Å². The van der Waals surface area contributed by atoms with Crippen LogP contribution in [0.4, 0.5) is 4.79 Å². The summed E-state index contributed by atoms with van der Waals surface area (Å²) in [6.07, 6.45) is 19.1. The predicted molar refractivity (Wildman–Crippen MR) is 89.4 cm³/mol. The number of rotatable bonds is 16. The summed E-state index contributed by atoms with van der Waals surface area (Å²) in [6.45, 7) is 2.69. The summed E-state index contributed by atoms with van der Waals surface area (Å²) in [5, 5.41) is 0. The van der Waals surface area contributed by atoms with Crippen molar-refractivity contribution in [3.05, 3.63) is 0 Å². The normalized spacial score (nSPS) is 10.7. The number of unbranched alkanes of at least 4 members (excludes halogenated alkanes) is 14. The monoisotopic (exact) mass is 298 g/mol. The van der Waals surface area contributed by atoms with Crippen LogP contribution in [-0.2, 0) is 4.74 Å². The molecule has 0 aliphatic heterocycles. The number of hydrogen-bond acceptors (Lipinski definition) is 2. The van der Waals surface area contributed by atoms with Crippen LogP contribution in [0.5, 0.6) is 0 Å². The van der Waals surface area contributed by atoms with Gasteiger partial charge in [-0.3, -0.25) is 0 Å². The molecule has 1 N–H and O–H groups in total. The van der Waals surface area contributed by atoms with E-state index in [9.17, 15) is 4.79 Å². The summed E-state index contributed by atoms with van der Waals surface area (Å²) < 4.78 is 4.58. The molecule has 0 aromatic carbocycles. The highest BCUT2D eigenvalue weighted by Crippen LogP contribution is 2.13. The minimum absolute atomic E-state index is 0.417. The second kappa shape index (κ2) is 17.3. The molecule has 0 saturated carbocycles. The van der Waals surface area contributed by atoms with Crippen LogP contribution in [0.25, 0.3) is 0 Å². The highest BCUT2D eigenvalue weighted by atomic mass is 16.5. The Morgan fingerprint density at radius 2 is 1.00 bits per heavy atom. The average Bonchev–Trinajstić information content (AvgIpc) is 2.46. The lowest BCUT2D eigenvalue weighted by molar-refractivity contribution is 0.152. The highest BCUT2D eigenvalue weighted by Gasteiger charge is 1.96. The van der Waals surface area contributed by atoms with Crippen LogP contribution >= 0.6 is 0 Å². The molecule has 0 atom stereocenters. The summed E-state index contributed by atoms with van der Waals surface area (Å²) >= 11 is 0. The van der Waals surface area contributed by atoms with E-state index in [0.29, 0.717) is 6.61 Å². The zero-order valence-electron chi connectivity index (χ0n) is 14.1. The molecule has 0 saturated heterocycles. The second-order valence-electron chi connectivity index (χ2n) is 6.09. The third-order valence-corrected chi connectivity index (χ3v) is 3.98. The molecular weight excluding hydrogens is 262 g/mol. The van der Waals surface area contributed by atoms with Crippen molar-refractivity contribution < 1.29 is 9.53 Å². The molecule has 0 spiro atoms. The number of ether oxygens (including phenoxy) is 1. The highest BCUT2D eigenvalue weighted by molar-refractivity contribution is 5.63. The molecule has 21 heavy (non-hydrogen) atoms. The van der Waals surface area contributed by atoms with Crippen LogP contribution in [0.15, 0.2) is 0 Å². The summed E-state index contributed by atoms with van der Waals surface area (Å²) in [5.41, 5.74) is 6.60. The minimum atomic E-state index is -0.902. The molecule has 0 bridgehead atoms. The maximum atomic E-state index is 10.2. The largest absolute Gasteiger partial charge is 0.448 e. The van der Waals surface area contributed by atoms with E-state index in [1.807, 2.05) is 0 Å². The fourth-order valence-corrected chi connectivity index (χ4v) is 2.64. The van der Waals surface area contributed by atoms with Gasteiger partial charge in [-0.05, 0) is 6.42 Å². The number of hydrogen-bond donors (Lipinski definition) is 0. The smallest absolute Gasteiger partial charge is 0.426 e. The fraction of sp³-hybridized carbons (Fsp3) is 0.944. The van der Waals surface area contributed by atoms with E-state index in [-0.39, 0.29) is 0 Å². The lowest BCUT2D eigenvalue weighted by atomic mass is 10.0. The van der Waals surface area contributed by atoms with Crippen molar-refractivity contribution in [1.29, 1.82) is 0 Å². The van der Waals surface area contributed by atoms with Crippen LogP contribution in [-0.4, -0.2) is 12.7 Å². The molecule has 125 valence electrons. The maximum Gasteiger partial charge on any atom is 0.426 e. The first kappa shape index (κ1) is 20.3. The SMILES string of the molecule is CCCCCCCCCCCCCCCCCOC([NH])=O. The van der Waals surface area contributed by atoms with Gasteiger partial charge in [0.15, 0.2) is 0 Å². The maximum absolute atomic E-state index is 10.2. The summed E-state index contributed by atoms with van der Waals surface area (Å²) in [4.78, 5) is 10.2. The van der Waals surface area contributed by atoms with Crippen LogP contribution in [0.2, 0.25) is 0 Å². The molecule has 1 radical (unpaired) electrons. The zero-order valence-corrected chi connectivity index (χ0v) is 14.1. The molecule has 0 aliphatic rings. The third kappa shape index (κ3) is 19.3. The van der Waals surface area contributed by atoms with Crippen molar-refractivity contribution in [3.63, 3.8) is 0 Å². The number of carbonyl (C=O) groups excluding carboxylic acids is 1. The van der Waals surface area contributed by atoms with E-state index in [1.165, 1.54) is 83.5 Å². The standard InChI is InChI=1S/C18H36NO2/c1-2-3-4-5-6-7-8-9-10-11-12-13-14-15-16-17-21-18(19)20/h19H,2-17H2,1H3. The molecule has 3 heteroatoms. The van der Waals surface area contributed by atoms with E-state index >= 15 is 0 Å². The van der Waals surface area contributed by atoms with Gasteiger partial charge in [-0.15, -0.1) is 0 Å². The Bertz CT molecular complexity index is 219. The fourth-order valence-electron chi connectivity index (χ4n) is 2.64. The zero-order chi connectivity index (χ0) is 15.6. The molecule has 1 amide bonds. The average molecular weight is 298 g/mol. The summed E-state index contributed by atoms with van der Waals surface area (Å²) in [5.74, 6) is 0. The first-order valence-corrected chi connectivity index (χ1v) is 9.15. The molecule has 0 aromatic heterocycles. The molecular formula is C18H36NO2. The lowest BCUT2D eigenvalue weighted by Crippen LogP contribution is -2.03. The second-order valence-corrected chi connectivity index (χ2v) is 6.09. The molecule has 0 rings (SSSR count). The lowest BCUT2D eigenvalue weighted by Gasteiger charge is -2.03. The predicted octanol–water partition coefficient (Wildman–Crippen LogP) is 6.28. The van der Waals surface area contributed by atoms with Gasteiger partial charge >= 0.3 is 6.09 Å². The van der Waals surface area contributed by atoms with Crippen LogP contribution in [0.3, 0.4) is 0 Å². The van der Waals surface area contributed by atoms with E-state index in [2.05, 4.69) is 11.7 Å². The Morgan fingerprint density at radius 3 is 1.33 bits per heavy atom. The molecule has 0 aliphatic carbocycles. The Balaban J connectivity index is 2.95. The van der Waals surface area contributed by atoms with Crippen molar-refractivity contribution >= 4 is 6.09 Å². The van der Waals surface area contributed by atoms with Gasteiger partial charge < -0.3 is 4.74 Å². The quantitative estimate of drug-likeness (QED) is 0.315. The van der Waals surface area contributed by atoms with Crippen LogP contribution in [0.1, 0.15) is 103 Å². The van der Waals surface area contributed by atoms with Gasteiger partial charge in [-0.2, -0.15) is 0 Å². The first-order chi connectivity index (χ1) is 10.3. The van der Waals surface area contributed by atoms with E-state index in [0.717, 1.165) is 12.8 Å². The van der Waals surface area contributed by atoms with Gasteiger partial charge in [-0.1, -0.05) is 96.8 Å². The van der Waals surface area contributed by atoms with E-state index in [1.54, 1.807) is 0 Å². The molecule has 0 unspecified atom stereocenters. The first-order valence-electron chi connectivity index (χ1n) is 9.15. The van der Waals surface area contributed by atoms with Gasteiger partial charge in [0.05, 0.1) is 6.61 Å². The van der Waals surface area contributed by atoms with Gasteiger partial charge in [0.2, 0.25) is 0 Å². The summed E-state index contributed by atoms with van der Waals surface area (Å²) in [7, 11) is 0. The molecule has 0 fully saturated rings. The van der Waals surface area contributed by atoms with E-state index < -0.39 is 6.09 Å². The van der Waals surface area contributed by atoms with Crippen molar-refractivity contribution in [1.82, 2.24) is 5.73 Å². The Labute approximate surface area is 132 Å². The Hall–Kier alpha value is -0.730. The van der Waals surface area contributed by atoms with Gasteiger partial charge in [0, 0.05) is 0 Å². The molecule has 0 heterocycles. The molecule has 3 nitrogen and oxygen atoms in total. The number of amides is 1. The third-order valence-electron chi connectivity index (χ3n) is 3.98. The van der Waals surface area contributed by atoms with Crippen LogP contribution in [0, 0.1) is 0 Å². The minimum Gasteiger partial charge on any atom is -0.448 e. The van der Waals surface area contributed by atoms with Gasteiger partial charge in [0.25, 0.3) is 0 Å². The van der Waals surface area contributed by atoms with Crippen LogP contribution < -0.4 is 5.73 Å². The number of nitrogens with one attached hydrogen (secondary N) is 1. The Kier molecular flexibility index (Phi) is 16.7. The molecule has 0 aromatic rings. The van der Waals surface area contributed by atoms with Gasteiger partial charge in [-0.25, -0.2) is 10.5 Å². The van der Waals surface area contributed by atoms with Crippen molar-refractivity contribution in [3.8, 4) is 0 Å². The van der Waals surface area contributed by atoms with Crippen molar-refractivity contribution in [2.45, 2.75) is 103 Å².